The second-order valence-corrected chi connectivity index (χ2v) is 4.84. The highest BCUT2D eigenvalue weighted by Gasteiger charge is 2.10. The zero-order valence-corrected chi connectivity index (χ0v) is 11.2. The van der Waals surface area contributed by atoms with Crippen LogP contribution in [-0.2, 0) is 6.54 Å². The molecule has 0 aliphatic rings. The first-order valence-electron chi connectivity index (χ1n) is 5.78. The monoisotopic (exact) mass is 263 g/mol. The molecule has 1 nitrogen and oxygen atoms in total. The Balaban J connectivity index is 2.58. The normalized spacial score (nSPS) is 10.7. The average Bonchev–Trinajstić information content (AvgIpc) is 2.34. The highest BCUT2D eigenvalue weighted by molar-refractivity contribution is 6.31. The molecule has 0 aliphatic carbocycles. The number of aryl methyl sites for hydroxylation is 2. The summed E-state index contributed by atoms with van der Waals surface area (Å²) in [7, 11) is 0. The molecular weight excluding hydrogens is 249 g/mol. The van der Waals surface area contributed by atoms with Crippen LogP contribution in [0.1, 0.15) is 16.7 Å². The zero-order valence-electron chi connectivity index (χ0n) is 10.4. The van der Waals surface area contributed by atoms with E-state index < -0.39 is 0 Å². The first-order chi connectivity index (χ1) is 8.52. The van der Waals surface area contributed by atoms with Gasteiger partial charge in [-0.1, -0.05) is 23.7 Å². The van der Waals surface area contributed by atoms with E-state index in [4.69, 9.17) is 17.3 Å². The van der Waals surface area contributed by atoms with Crippen molar-refractivity contribution in [3.63, 3.8) is 0 Å². The number of hydrogen-bond acceptors (Lipinski definition) is 1. The lowest BCUT2D eigenvalue weighted by molar-refractivity contribution is 0.629. The largest absolute Gasteiger partial charge is 0.326 e. The third-order valence-corrected chi connectivity index (χ3v) is 3.47. The second kappa shape index (κ2) is 5.09. The van der Waals surface area contributed by atoms with Gasteiger partial charge in [-0.05, 0) is 54.3 Å². The van der Waals surface area contributed by atoms with Crippen LogP contribution in [0.3, 0.4) is 0 Å². The molecule has 3 heteroatoms. The Labute approximate surface area is 111 Å². The SMILES string of the molecule is Cc1cc(-c2ccc(CN)cc2F)c(C)cc1Cl. The van der Waals surface area contributed by atoms with E-state index in [1.807, 2.05) is 32.0 Å². The summed E-state index contributed by atoms with van der Waals surface area (Å²) in [5.74, 6) is -0.247. The number of benzene rings is 2. The fourth-order valence-corrected chi connectivity index (χ4v) is 2.19. The lowest BCUT2D eigenvalue weighted by atomic mass is 9.97. The third kappa shape index (κ3) is 2.40. The van der Waals surface area contributed by atoms with Gasteiger partial charge >= 0.3 is 0 Å². The molecule has 0 amide bonds. The van der Waals surface area contributed by atoms with E-state index in [1.54, 1.807) is 6.07 Å². The molecule has 18 heavy (non-hydrogen) atoms. The number of halogens is 2. The molecule has 2 rings (SSSR count). The summed E-state index contributed by atoms with van der Waals surface area (Å²) in [6.45, 7) is 4.18. The van der Waals surface area contributed by atoms with E-state index in [0.29, 0.717) is 17.1 Å². The predicted molar refractivity (Wildman–Crippen MR) is 74.2 cm³/mol. The number of nitrogens with two attached hydrogens (primary N) is 1. The van der Waals surface area contributed by atoms with Gasteiger partial charge < -0.3 is 5.73 Å². The summed E-state index contributed by atoms with van der Waals surface area (Å²) in [6, 6.07) is 8.88. The van der Waals surface area contributed by atoms with E-state index in [1.165, 1.54) is 6.07 Å². The molecule has 0 saturated heterocycles. The van der Waals surface area contributed by atoms with Gasteiger partial charge in [0.15, 0.2) is 0 Å². The van der Waals surface area contributed by atoms with Gasteiger partial charge in [0.25, 0.3) is 0 Å². The summed E-state index contributed by atoms with van der Waals surface area (Å²) in [4.78, 5) is 0. The molecule has 0 radical (unpaired) electrons. The van der Waals surface area contributed by atoms with Gasteiger partial charge in [0.2, 0.25) is 0 Å². The lowest BCUT2D eigenvalue weighted by Gasteiger charge is -2.11. The maximum absolute atomic E-state index is 14.0. The Morgan fingerprint density at radius 2 is 1.78 bits per heavy atom. The van der Waals surface area contributed by atoms with Crippen molar-refractivity contribution in [2.24, 2.45) is 5.73 Å². The predicted octanol–water partition coefficient (Wildman–Crippen LogP) is 4.22. The molecule has 2 aromatic rings. The van der Waals surface area contributed by atoms with E-state index in [0.717, 1.165) is 22.3 Å². The molecule has 0 unspecified atom stereocenters. The molecule has 0 spiro atoms. The van der Waals surface area contributed by atoms with E-state index >= 15 is 0 Å². The van der Waals surface area contributed by atoms with Gasteiger partial charge in [0.05, 0.1) is 0 Å². The Bertz CT molecular complexity index is 593. The van der Waals surface area contributed by atoms with E-state index in [-0.39, 0.29) is 5.82 Å². The molecule has 0 atom stereocenters. The maximum Gasteiger partial charge on any atom is 0.131 e. The van der Waals surface area contributed by atoms with E-state index in [9.17, 15) is 4.39 Å². The molecule has 0 aliphatic heterocycles. The molecular formula is C15H15ClFN. The summed E-state index contributed by atoms with van der Waals surface area (Å²) >= 11 is 6.05. The van der Waals surface area contributed by atoms with Crippen LogP contribution in [-0.4, -0.2) is 0 Å². The summed E-state index contributed by atoms with van der Waals surface area (Å²) in [6.07, 6.45) is 0. The molecule has 2 aromatic carbocycles. The summed E-state index contributed by atoms with van der Waals surface area (Å²) in [5.41, 5.74) is 9.66. The molecule has 0 aromatic heterocycles. The second-order valence-electron chi connectivity index (χ2n) is 4.43. The van der Waals surface area contributed by atoms with Crippen LogP contribution in [0, 0.1) is 19.7 Å². The van der Waals surface area contributed by atoms with Crippen LogP contribution in [0.25, 0.3) is 11.1 Å². The Morgan fingerprint density at radius 1 is 1.06 bits per heavy atom. The number of rotatable bonds is 2. The van der Waals surface area contributed by atoms with E-state index in [2.05, 4.69) is 0 Å². The highest BCUT2D eigenvalue weighted by Crippen LogP contribution is 2.30. The van der Waals surface area contributed by atoms with Crippen LogP contribution < -0.4 is 5.73 Å². The maximum atomic E-state index is 14.0. The highest BCUT2D eigenvalue weighted by atomic mass is 35.5. The van der Waals surface area contributed by atoms with Crippen molar-refractivity contribution in [3.8, 4) is 11.1 Å². The first-order valence-corrected chi connectivity index (χ1v) is 6.16. The standard InChI is InChI=1S/C15H15ClFN/c1-9-6-14(16)10(2)5-13(9)12-4-3-11(8-18)7-15(12)17/h3-7H,8,18H2,1-2H3. The van der Waals surface area contributed by atoms with Gasteiger partial charge in [0, 0.05) is 17.1 Å². The fraction of sp³-hybridized carbons (Fsp3) is 0.200. The van der Waals surface area contributed by atoms with Crippen LogP contribution in [0.2, 0.25) is 5.02 Å². The van der Waals surface area contributed by atoms with Gasteiger partial charge in [-0.2, -0.15) is 0 Å². The van der Waals surface area contributed by atoms with Crippen LogP contribution in [0.15, 0.2) is 30.3 Å². The minimum atomic E-state index is -0.247. The van der Waals surface area contributed by atoms with Gasteiger partial charge in [-0.25, -0.2) is 4.39 Å². The fourth-order valence-electron chi connectivity index (χ4n) is 1.98. The summed E-state index contributed by atoms with van der Waals surface area (Å²) in [5, 5.41) is 0.704. The van der Waals surface area contributed by atoms with Crippen molar-refractivity contribution < 1.29 is 4.39 Å². The Kier molecular flexibility index (Phi) is 3.69. The summed E-state index contributed by atoms with van der Waals surface area (Å²) < 4.78 is 14.0. The quantitative estimate of drug-likeness (QED) is 0.862. The smallest absolute Gasteiger partial charge is 0.131 e. The molecule has 0 saturated carbocycles. The van der Waals surface area contributed by atoms with Gasteiger partial charge in [0.1, 0.15) is 5.82 Å². The van der Waals surface area contributed by atoms with Crippen molar-refractivity contribution >= 4 is 11.6 Å². The lowest BCUT2D eigenvalue weighted by Crippen LogP contribution is -1.98. The van der Waals surface area contributed by atoms with Crippen molar-refractivity contribution in [1.29, 1.82) is 0 Å². The van der Waals surface area contributed by atoms with Crippen LogP contribution in [0.5, 0.6) is 0 Å². The van der Waals surface area contributed by atoms with Gasteiger partial charge in [-0.3, -0.25) is 0 Å². The van der Waals surface area contributed by atoms with Crippen molar-refractivity contribution in [2.75, 3.05) is 0 Å². The topological polar surface area (TPSA) is 26.0 Å². The molecule has 2 N–H and O–H groups in total. The molecule has 94 valence electrons. The molecule has 0 bridgehead atoms. The first kappa shape index (κ1) is 13.1. The minimum Gasteiger partial charge on any atom is -0.326 e. The number of hydrogen-bond donors (Lipinski definition) is 1. The van der Waals surface area contributed by atoms with Crippen LogP contribution in [0.4, 0.5) is 4.39 Å². The van der Waals surface area contributed by atoms with Crippen molar-refractivity contribution in [1.82, 2.24) is 0 Å². The van der Waals surface area contributed by atoms with Crippen molar-refractivity contribution in [3.05, 3.63) is 57.9 Å². The zero-order chi connectivity index (χ0) is 13.3. The van der Waals surface area contributed by atoms with Gasteiger partial charge in [-0.15, -0.1) is 0 Å². The molecule has 0 fully saturated rings. The van der Waals surface area contributed by atoms with Crippen LogP contribution >= 0.6 is 11.6 Å². The Hall–Kier alpha value is -1.38. The van der Waals surface area contributed by atoms with Crippen molar-refractivity contribution in [2.45, 2.75) is 20.4 Å². The Morgan fingerprint density at radius 3 is 2.39 bits per heavy atom. The molecule has 0 heterocycles. The minimum absolute atomic E-state index is 0.247. The third-order valence-electron chi connectivity index (χ3n) is 3.06. The average molecular weight is 264 g/mol.